The summed E-state index contributed by atoms with van der Waals surface area (Å²) < 4.78 is 1.18. The lowest BCUT2D eigenvalue weighted by atomic mass is 9.87. The van der Waals surface area contributed by atoms with Gasteiger partial charge in [-0.1, -0.05) is 40.0 Å². The number of nitrogens with two attached hydrogens (primary N) is 1. The Morgan fingerprint density at radius 2 is 2.00 bits per heavy atom. The molecule has 0 fully saturated rings. The first-order valence-electron chi connectivity index (χ1n) is 6.73. The zero-order valence-corrected chi connectivity index (χ0v) is 13.9. The molecule has 0 atom stereocenters. The SMILES string of the molecule is CCCCCC(C)(C)CNc1ccc(I)cc1N. The smallest absolute Gasteiger partial charge is 0.0574 e. The zero-order valence-electron chi connectivity index (χ0n) is 11.7. The maximum absolute atomic E-state index is 6.01. The molecule has 0 amide bonds. The minimum Gasteiger partial charge on any atom is -0.397 e. The van der Waals surface area contributed by atoms with Gasteiger partial charge in [0, 0.05) is 10.1 Å². The summed E-state index contributed by atoms with van der Waals surface area (Å²) in [5.41, 5.74) is 8.22. The van der Waals surface area contributed by atoms with Crippen LogP contribution in [0, 0.1) is 8.99 Å². The van der Waals surface area contributed by atoms with Crippen LogP contribution in [0.3, 0.4) is 0 Å². The fourth-order valence-corrected chi connectivity index (χ4v) is 2.49. The fourth-order valence-electron chi connectivity index (χ4n) is 1.97. The lowest BCUT2D eigenvalue weighted by Gasteiger charge is -2.26. The maximum atomic E-state index is 6.01. The summed E-state index contributed by atoms with van der Waals surface area (Å²) in [6.45, 7) is 7.86. The molecule has 0 heterocycles. The largest absolute Gasteiger partial charge is 0.397 e. The van der Waals surface area contributed by atoms with Crippen molar-refractivity contribution in [2.75, 3.05) is 17.6 Å². The minimum atomic E-state index is 0.324. The van der Waals surface area contributed by atoms with Gasteiger partial charge in [-0.2, -0.15) is 0 Å². The molecule has 1 aromatic rings. The van der Waals surface area contributed by atoms with Crippen LogP contribution >= 0.6 is 22.6 Å². The van der Waals surface area contributed by atoms with Gasteiger partial charge in [0.2, 0.25) is 0 Å². The molecule has 102 valence electrons. The van der Waals surface area contributed by atoms with Gasteiger partial charge in [0.25, 0.3) is 0 Å². The van der Waals surface area contributed by atoms with E-state index < -0.39 is 0 Å². The van der Waals surface area contributed by atoms with Crippen LogP contribution in [0.15, 0.2) is 18.2 Å². The highest BCUT2D eigenvalue weighted by molar-refractivity contribution is 14.1. The van der Waals surface area contributed by atoms with Gasteiger partial charge in [0.1, 0.15) is 0 Å². The van der Waals surface area contributed by atoms with Crippen LogP contribution in [-0.4, -0.2) is 6.54 Å². The Morgan fingerprint density at radius 1 is 1.28 bits per heavy atom. The van der Waals surface area contributed by atoms with E-state index in [1.807, 2.05) is 6.07 Å². The van der Waals surface area contributed by atoms with E-state index in [1.165, 1.54) is 29.3 Å². The molecule has 3 heteroatoms. The molecule has 0 saturated carbocycles. The number of rotatable bonds is 7. The molecule has 0 aromatic heterocycles. The second-order valence-electron chi connectivity index (χ2n) is 5.71. The third kappa shape index (κ3) is 5.46. The lowest BCUT2D eigenvalue weighted by Crippen LogP contribution is -2.23. The van der Waals surface area contributed by atoms with E-state index in [-0.39, 0.29) is 0 Å². The highest BCUT2D eigenvalue weighted by Gasteiger charge is 2.17. The van der Waals surface area contributed by atoms with Crippen molar-refractivity contribution in [2.24, 2.45) is 5.41 Å². The molecule has 0 saturated heterocycles. The van der Waals surface area contributed by atoms with Crippen molar-refractivity contribution >= 4 is 34.0 Å². The summed E-state index contributed by atoms with van der Waals surface area (Å²) in [7, 11) is 0. The second kappa shape index (κ2) is 7.22. The average molecular weight is 360 g/mol. The van der Waals surface area contributed by atoms with Crippen molar-refractivity contribution in [3.05, 3.63) is 21.8 Å². The molecule has 0 spiro atoms. The third-order valence-electron chi connectivity index (χ3n) is 3.23. The Kier molecular flexibility index (Phi) is 6.26. The maximum Gasteiger partial charge on any atom is 0.0574 e. The lowest BCUT2D eigenvalue weighted by molar-refractivity contribution is 0.342. The number of nitrogen functional groups attached to an aromatic ring is 1. The molecule has 0 aliphatic carbocycles. The average Bonchev–Trinajstić information content (AvgIpc) is 2.28. The van der Waals surface area contributed by atoms with Crippen LogP contribution in [0.1, 0.15) is 46.5 Å². The number of unbranched alkanes of at least 4 members (excludes halogenated alkanes) is 2. The van der Waals surface area contributed by atoms with Gasteiger partial charge in [0.05, 0.1) is 11.4 Å². The highest BCUT2D eigenvalue weighted by Crippen LogP contribution is 2.27. The van der Waals surface area contributed by atoms with Crippen LogP contribution in [0.2, 0.25) is 0 Å². The number of hydrogen-bond acceptors (Lipinski definition) is 2. The molecule has 0 bridgehead atoms. The van der Waals surface area contributed by atoms with Gasteiger partial charge in [-0.3, -0.25) is 0 Å². The standard InChI is InChI=1S/C15H25IN2/c1-4-5-6-9-15(2,3)11-18-14-8-7-12(16)10-13(14)17/h7-8,10,18H,4-6,9,11,17H2,1-3H3. The first kappa shape index (κ1) is 15.6. The zero-order chi connectivity index (χ0) is 13.6. The Morgan fingerprint density at radius 3 is 2.61 bits per heavy atom. The van der Waals surface area contributed by atoms with E-state index in [0.717, 1.165) is 17.9 Å². The van der Waals surface area contributed by atoms with E-state index in [0.29, 0.717) is 5.41 Å². The third-order valence-corrected chi connectivity index (χ3v) is 3.90. The topological polar surface area (TPSA) is 38.0 Å². The Labute approximate surface area is 125 Å². The first-order valence-corrected chi connectivity index (χ1v) is 7.81. The van der Waals surface area contributed by atoms with Crippen molar-refractivity contribution in [2.45, 2.75) is 46.5 Å². The van der Waals surface area contributed by atoms with Gasteiger partial charge in [-0.15, -0.1) is 0 Å². The van der Waals surface area contributed by atoms with E-state index in [4.69, 9.17) is 5.73 Å². The van der Waals surface area contributed by atoms with Gasteiger partial charge in [-0.05, 0) is 52.6 Å². The van der Waals surface area contributed by atoms with Gasteiger partial charge in [0.15, 0.2) is 0 Å². The molecule has 1 aromatic carbocycles. The molecular formula is C15H25IN2. The van der Waals surface area contributed by atoms with Crippen molar-refractivity contribution in [1.82, 2.24) is 0 Å². The Bertz CT molecular complexity index is 375. The highest BCUT2D eigenvalue weighted by atomic mass is 127. The van der Waals surface area contributed by atoms with E-state index in [1.54, 1.807) is 0 Å². The molecular weight excluding hydrogens is 335 g/mol. The second-order valence-corrected chi connectivity index (χ2v) is 6.95. The molecule has 0 aliphatic rings. The monoisotopic (exact) mass is 360 g/mol. The van der Waals surface area contributed by atoms with Crippen LogP contribution in [0.5, 0.6) is 0 Å². The van der Waals surface area contributed by atoms with Crippen LogP contribution in [-0.2, 0) is 0 Å². The van der Waals surface area contributed by atoms with Crippen molar-refractivity contribution in [3.8, 4) is 0 Å². The van der Waals surface area contributed by atoms with E-state index >= 15 is 0 Å². The summed E-state index contributed by atoms with van der Waals surface area (Å²) in [4.78, 5) is 0. The molecule has 1 rings (SSSR count). The van der Waals surface area contributed by atoms with Crippen molar-refractivity contribution in [1.29, 1.82) is 0 Å². The van der Waals surface area contributed by atoms with Crippen LogP contribution in [0.4, 0.5) is 11.4 Å². The molecule has 0 radical (unpaired) electrons. The molecule has 0 aliphatic heterocycles. The number of benzene rings is 1. The van der Waals surface area contributed by atoms with Gasteiger partial charge < -0.3 is 11.1 Å². The Balaban J connectivity index is 2.48. The van der Waals surface area contributed by atoms with Gasteiger partial charge >= 0.3 is 0 Å². The summed E-state index contributed by atoms with van der Waals surface area (Å²) in [6.07, 6.45) is 5.19. The summed E-state index contributed by atoms with van der Waals surface area (Å²) >= 11 is 2.28. The molecule has 3 N–H and O–H groups in total. The minimum absolute atomic E-state index is 0.324. The predicted molar refractivity (Wildman–Crippen MR) is 90.0 cm³/mol. The molecule has 18 heavy (non-hydrogen) atoms. The Hall–Kier alpha value is -0.450. The van der Waals surface area contributed by atoms with E-state index in [2.05, 4.69) is 60.8 Å². The van der Waals surface area contributed by atoms with Crippen molar-refractivity contribution < 1.29 is 0 Å². The van der Waals surface area contributed by atoms with E-state index in [9.17, 15) is 0 Å². The van der Waals surface area contributed by atoms with Crippen LogP contribution < -0.4 is 11.1 Å². The number of anilines is 2. The van der Waals surface area contributed by atoms with Crippen molar-refractivity contribution in [3.63, 3.8) is 0 Å². The summed E-state index contributed by atoms with van der Waals surface area (Å²) in [5, 5.41) is 3.48. The molecule has 0 unspecified atom stereocenters. The summed E-state index contributed by atoms with van der Waals surface area (Å²) in [6, 6.07) is 6.16. The fraction of sp³-hybridized carbons (Fsp3) is 0.600. The number of hydrogen-bond donors (Lipinski definition) is 2. The van der Waals surface area contributed by atoms with Crippen LogP contribution in [0.25, 0.3) is 0 Å². The normalized spacial score (nSPS) is 11.6. The molecule has 2 nitrogen and oxygen atoms in total. The first-order chi connectivity index (χ1) is 8.44. The predicted octanol–water partition coefficient (Wildman–Crippen LogP) is 4.89. The number of nitrogens with one attached hydrogen (secondary N) is 1. The quantitative estimate of drug-likeness (QED) is 0.413. The summed E-state index contributed by atoms with van der Waals surface area (Å²) in [5.74, 6) is 0. The van der Waals surface area contributed by atoms with Gasteiger partial charge in [-0.25, -0.2) is 0 Å². The number of halogens is 1.